The van der Waals surface area contributed by atoms with Crippen LogP contribution < -0.4 is 5.32 Å². The molecule has 1 aliphatic heterocycles. The molecule has 1 aromatic carbocycles. The summed E-state index contributed by atoms with van der Waals surface area (Å²) in [5.41, 5.74) is 0.253. The van der Waals surface area contributed by atoms with Crippen molar-refractivity contribution in [1.82, 2.24) is 15.2 Å². The van der Waals surface area contributed by atoms with Gasteiger partial charge in [-0.25, -0.2) is 9.78 Å². The number of alkyl carbamates (subject to hydrolysis) is 1. The molecule has 0 bridgehead atoms. The Kier molecular flexibility index (Phi) is 6.06. The number of amides is 2. The molecule has 2 atom stereocenters. The Bertz CT molecular complexity index is 968. The third-order valence-electron chi connectivity index (χ3n) is 4.75. The summed E-state index contributed by atoms with van der Waals surface area (Å²) in [6, 6.07) is 5.73. The SMILES string of the molecule is C[C@H]1[C@@H](NC(=O)OC(C)(C)C)CCN1C(=O)c1csc(-c2cccc([N+](=O)[O-])c2)n1. The second-order valence-corrected chi connectivity index (χ2v) is 8.98. The molecule has 3 rings (SSSR count). The van der Waals surface area contributed by atoms with Gasteiger partial charge in [0.2, 0.25) is 0 Å². The molecule has 160 valence electrons. The lowest BCUT2D eigenvalue weighted by atomic mass is 10.1. The number of nitrogens with zero attached hydrogens (tertiary/aromatic N) is 3. The number of non-ortho nitro benzene ring substituents is 1. The van der Waals surface area contributed by atoms with E-state index in [4.69, 9.17) is 4.74 Å². The molecule has 2 amide bonds. The lowest BCUT2D eigenvalue weighted by Gasteiger charge is -2.26. The molecule has 1 fully saturated rings. The molecule has 1 saturated heterocycles. The van der Waals surface area contributed by atoms with Crippen LogP contribution in [0.2, 0.25) is 0 Å². The van der Waals surface area contributed by atoms with E-state index in [9.17, 15) is 19.7 Å². The van der Waals surface area contributed by atoms with E-state index < -0.39 is 16.6 Å². The van der Waals surface area contributed by atoms with Gasteiger partial charge in [-0.15, -0.1) is 11.3 Å². The zero-order valence-electron chi connectivity index (χ0n) is 17.2. The van der Waals surface area contributed by atoms with Gasteiger partial charge in [0.05, 0.1) is 11.0 Å². The number of aromatic nitrogens is 1. The molecule has 0 spiro atoms. The van der Waals surface area contributed by atoms with Gasteiger partial charge in [-0.05, 0) is 34.1 Å². The molecule has 0 radical (unpaired) electrons. The van der Waals surface area contributed by atoms with Crippen LogP contribution in [0.3, 0.4) is 0 Å². The average molecular weight is 433 g/mol. The van der Waals surface area contributed by atoms with Crippen molar-refractivity contribution in [3.8, 4) is 10.6 Å². The maximum absolute atomic E-state index is 13.0. The molecule has 1 aromatic heterocycles. The van der Waals surface area contributed by atoms with Crippen LogP contribution in [0.25, 0.3) is 10.6 Å². The summed E-state index contributed by atoms with van der Waals surface area (Å²) in [7, 11) is 0. The van der Waals surface area contributed by atoms with Gasteiger partial charge in [0.25, 0.3) is 11.6 Å². The highest BCUT2D eigenvalue weighted by atomic mass is 32.1. The summed E-state index contributed by atoms with van der Waals surface area (Å²) < 4.78 is 5.29. The van der Waals surface area contributed by atoms with Crippen LogP contribution >= 0.6 is 11.3 Å². The predicted octanol–water partition coefficient (Wildman–Crippen LogP) is 3.85. The van der Waals surface area contributed by atoms with E-state index in [1.807, 2.05) is 6.92 Å². The number of nitrogens with one attached hydrogen (secondary N) is 1. The molecular formula is C20H24N4O5S. The fourth-order valence-corrected chi connectivity index (χ4v) is 4.07. The van der Waals surface area contributed by atoms with Gasteiger partial charge in [0.15, 0.2) is 0 Å². The molecule has 9 nitrogen and oxygen atoms in total. The Hall–Kier alpha value is -3.01. The van der Waals surface area contributed by atoms with Gasteiger partial charge < -0.3 is 15.0 Å². The van der Waals surface area contributed by atoms with Crippen LogP contribution in [0.1, 0.15) is 44.6 Å². The van der Waals surface area contributed by atoms with Crippen molar-refractivity contribution >= 4 is 29.0 Å². The predicted molar refractivity (Wildman–Crippen MR) is 112 cm³/mol. The second kappa shape index (κ2) is 8.39. The van der Waals surface area contributed by atoms with Crippen molar-refractivity contribution in [2.75, 3.05) is 6.54 Å². The standard InChI is InChI=1S/C20H24N4O5S/c1-12-15(22-19(26)29-20(2,3)4)8-9-23(12)18(25)16-11-30-17(21-16)13-6-5-7-14(10-13)24(27)28/h5-7,10-12,15H,8-9H2,1-4H3,(H,22,26)/t12-,15-/m0/s1. The number of likely N-dealkylation sites (tertiary alicyclic amines) is 1. The molecular weight excluding hydrogens is 408 g/mol. The summed E-state index contributed by atoms with van der Waals surface area (Å²) in [6.07, 6.45) is 0.115. The van der Waals surface area contributed by atoms with Crippen molar-refractivity contribution in [2.45, 2.75) is 51.8 Å². The van der Waals surface area contributed by atoms with Crippen molar-refractivity contribution in [1.29, 1.82) is 0 Å². The maximum atomic E-state index is 13.0. The number of benzene rings is 1. The van der Waals surface area contributed by atoms with Crippen LogP contribution in [0, 0.1) is 10.1 Å². The maximum Gasteiger partial charge on any atom is 0.407 e. The van der Waals surface area contributed by atoms with E-state index in [1.165, 1.54) is 23.5 Å². The number of ether oxygens (including phenoxy) is 1. The van der Waals surface area contributed by atoms with Gasteiger partial charge in [-0.1, -0.05) is 12.1 Å². The highest BCUT2D eigenvalue weighted by molar-refractivity contribution is 7.13. The molecule has 1 N–H and O–H groups in total. The fraction of sp³-hybridized carbons (Fsp3) is 0.450. The topological polar surface area (TPSA) is 115 Å². The smallest absolute Gasteiger partial charge is 0.407 e. The monoisotopic (exact) mass is 432 g/mol. The highest BCUT2D eigenvalue weighted by Gasteiger charge is 2.36. The van der Waals surface area contributed by atoms with Gasteiger partial charge in [0.1, 0.15) is 16.3 Å². The Morgan fingerprint density at radius 1 is 1.37 bits per heavy atom. The van der Waals surface area contributed by atoms with Crippen molar-refractivity contribution in [2.24, 2.45) is 0 Å². The Balaban J connectivity index is 1.68. The first-order chi connectivity index (χ1) is 14.0. The quantitative estimate of drug-likeness (QED) is 0.580. The lowest BCUT2D eigenvalue weighted by molar-refractivity contribution is -0.384. The minimum atomic E-state index is -0.592. The number of nitro groups is 1. The number of hydrogen-bond donors (Lipinski definition) is 1. The normalized spacial score (nSPS) is 18.9. The Morgan fingerprint density at radius 3 is 2.77 bits per heavy atom. The highest BCUT2D eigenvalue weighted by Crippen LogP contribution is 2.28. The first-order valence-corrected chi connectivity index (χ1v) is 10.4. The molecule has 2 heterocycles. The molecule has 0 saturated carbocycles. The van der Waals surface area contributed by atoms with Crippen molar-refractivity contribution in [3.63, 3.8) is 0 Å². The van der Waals surface area contributed by atoms with Gasteiger partial charge >= 0.3 is 6.09 Å². The van der Waals surface area contributed by atoms with Gasteiger partial charge in [-0.3, -0.25) is 14.9 Å². The molecule has 0 unspecified atom stereocenters. The first-order valence-electron chi connectivity index (χ1n) is 9.56. The average Bonchev–Trinajstić information content (AvgIpc) is 3.28. The molecule has 30 heavy (non-hydrogen) atoms. The molecule has 2 aromatic rings. The zero-order chi connectivity index (χ0) is 22.1. The second-order valence-electron chi connectivity index (χ2n) is 8.13. The largest absolute Gasteiger partial charge is 0.444 e. The third-order valence-corrected chi connectivity index (χ3v) is 5.64. The third kappa shape index (κ3) is 4.93. The van der Waals surface area contributed by atoms with E-state index in [-0.39, 0.29) is 29.4 Å². The van der Waals surface area contributed by atoms with Gasteiger partial charge in [0, 0.05) is 35.7 Å². The van der Waals surface area contributed by atoms with Crippen molar-refractivity contribution < 1.29 is 19.2 Å². The van der Waals surface area contributed by atoms with E-state index in [2.05, 4.69) is 10.3 Å². The number of rotatable bonds is 4. The number of carbonyl (C=O) groups excluding carboxylic acids is 2. The summed E-state index contributed by atoms with van der Waals surface area (Å²) in [4.78, 5) is 41.6. The minimum absolute atomic E-state index is 0.0280. The minimum Gasteiger partial charge on any atom is -0.444 e. The van der Waals surface area contributed by atoms with E-state index in [0.29, 0.717) is 23.5 Å². The van der Waals surface area contributed by atoms with Gasteiger partial charge in [-0.2, -0.15) is 0 Å². The summed E-state index contributed by atoms with van der Waals surface area (Å²) >= 11 is 1.26. The van der Waals surface area contributed by atoms with E-state index in [1.54, 1.807) is 43.2 Å². The summed E-state index contributed by atoms with van der Waals surface area (Å²) in [5.74, 6) is -0.232. The van der Waals surface area contributed by atoms with Crippen LogP contribution in [-0.2, 0) is 4.74 Å². The number of hydrogen-bond acceptors (Lipinski definition) is 7. The molecule has 10 heteroatoms. The molecule has 0 aliphatic carbocycles. The number of thiazole rings is 1. The van der Waals surface area contributed by atoms with Crippen LogP contribution in [0.15, 0.2) is 29.6 Å². The first kappa shape index (κ1) is 21.7. The van der Waals surface area contributed by atoms with Crippen LogP contribution in [0.5, 0.6) is 0 Å². The van der Waals surface area contributed by atoms with Crippen molar-refractivity contribution in [3.05, 3.63) is 45.5 Å². The Labute approximate surface area is 178 Å². The summed E-state index contributed by atoms with van der Waals surface area (Å²) in [6.45, 7) is 7.75. The fourth-order valence-electron chi connectivity index (χ4n) is 3.28. The van der Waals surface area contributed by atoms with E-state index in [0.717, 1.165) is 0 Å². The number of nitro benzene ring substituents is 1. The Morgan fingerprint density at radius 2 is 2.10 bits per heavy atom. The van der Waals surface area contributed by atoms with Crippen LogP contribution in [0.4, 0.5) is 10.5 Å². The van der Waals surface area contributed by atoms with E-state index >= 15 is 0 Å². The number of carbonyl (C=O) groups is 2. The lowest BCUT2D eigenvalue weighted by Crippen LogP contribution is -2.46. The van der Waals surface area contributed by atoms with Crippen LogP contribution in [-0.4, -0.2) is 51.0 Å². The summed E-state index contributed by atoms with van der Waals surface area (Å²) in [5, 5.41) is 16.0. The molecule has 1 aliphatic rings. The zero-order valence-corrected chi connectivity index (χ0v) is 18.1.